The quantitative estimate of drug-likeness (QED) is 0.876. The molecule has 0 bridgehead atoms. The van der Waals surface area contributed by atoms with Gasteiger partial charge in [-0.2, -0.15) is 0 Å². The minimum atomic E-state index is -0.763. The zero-order valence-electron chi connectivity index (χ0n) is 8.88. The number of nitrogens with two attached hydrogens (primary N) is 1. The maximum absolute atomic E-state index is 11.5. The van der Waals surface area contributed by atoms with Crippen LogP contribution in [0.4, 0.5) is 0 Å². The Morgan fingerprint density at radius 3 is 2.33 bits per heavy atom. The first-order valence-electron chi connectivity index (χ1n) is 4.81. The highest BCUT2D eigenvalue weighted by Crippen LogP contribution is 2.25. The molecule has 0 saturated carbocycles. The van der Waals surface area contributed by atoms with E-state index in [9.17, 15) is 4.79 Å². The fraction of sp³-hybridized carbons (Fsp3) is 0.364. The number of carbonyl (C=O) groups excluding carboxylic acids is 1. The average molecular weight is 271 g/mol. The van der Waals surface area contributed by atoms with Crippen LogP contribution in [0.5, 0.6) is 0 Å². The predicted octanol–water partition coefficient (Wildman–Crippen LogP) is 1.76. The summed E-state index contributed by atoms with van der Waals surface area (Å²) in [5.41, 5.74) is 5.58. The highest BCUT2D eigenvalue weighted by Gasteiger charge is 2.34. The summed E-state index contributed by atoms with van der Waals surface area (Å²) in [5.74, 6) is -0.352. The van der Waals surface area contributed by atoms with Crippen molar-refractivity contribution in [1.82, 2.24) is 5.32 Å². The Labute approximate surface area is 98.2 Å². The van der Waals surface area contributed by atoms with Gasteiger partial charge in [0.05, 0.1) is 0 Å². The van der Waals surface area contributed by atoms with Crippen molar-refractivity contribution in [1.29, 1.82) is 0 Å². The summed E-state index contributed by atoms with van der Waals surface area (Å²) in [6, 6.07) is 7.60. The van der Waals surface area contributed by atoms with E-state index in [2.05, 4.69) is 21.2 Å². The van der Waals surface area contributed by atoms with Crippen LogP contribution in [0.1, 0.15) is 18.9 Å². The summed E-state index contributed by atoms with van der Waals surface area (Å²) in [6.07, 6.45) is 0.625. The molecular formula is C11H15BrN2O. The molecule has 1 aromatic carbocycles. The summed E-state index contributed by atoms with van der Waals surface area (Å²) in [4.78, 5) is 11.5. The lowest BCUT2D eigenvalue weighted by atomic mass is 9.87. The Morgan fingerprint density at radius 1 is 1.47 bits per heavy atom. The van der Waals surface area contributed by atoms with E-state index < -0.39 is 5.54 Å². The number of amides is 1. The molecule has 1 amide bonds. The van der Waals surface area contributed by atoms with Gasteiger partial charge in [-0.3, -0.25) is 4.79 Å². The molecule has 82 valence electrons. The summed E-state index contributed by atoms with van der Waals surface area (Å²) >= 11 is 3.36. The van der Waals surface area contributed by atoms with Gasteiger partial charge in [-0.25, -0.2) is 0 Å². The van der Waals surface area contributed by atoms with E-state index in [-0.39, 0.29) is 5.91 Å². The van der Waals surface area contributed by atoms with Gasteiger partial charge in [-0.15, -0.1) is 0 Å². The van der Waals surface area contributed by atoms with Gasteiger partial charge >= 0.3 is 0 Å². The van der Waals surface area contributed by atoms with E-state index in [0.29, 0.717) is 6.42 Å². The number of nitrogens with one attached hydrogen (secondary N) is 1. The Kier molecular flexibility index (Phi) is 3.88. The standard InChI is InChI=1S/C11H15BrN2O/c1-3-11(14-2,10(13)15)8-4-6-9(12)7-5-8/h4-7,14H,3H2,1-2H3,(H2,13,15). The highest BCUT2D eigenvalue weighted by atomic mass is 79.9. The second kappa shape index (κ2) is 4.77. The molecule has 0 heterocycles. The van der Waals surface area contributed by atoms with Gasteiger partial charge in [0.2, 0.25) is 5.91 Å². The lowest BCUT2D eigenvalue weighted by molar-refractivity contribution is -0.124. The summed E-state index contributed by atoms with van der Waals surface area (Å²) in [7, 11) is 1.75. The molecule has 4 heteroatoms. The van der Waals surface area contributed by atoms with Crippen LogP contribution in [-0.4, -0.2) is 13.0 Å². The normalized spacial score (nSPS) is 14.6. The molecule has 0 saturated heterocycles. The van der Waals surface area contributed by atoms with Crippen molar-refractivity contribution in [3.05, 3.63) is 34.3 Å². The van der Waals surface area contributed by atoms with Crippen molar-refractivity contribution < 1.29 is 4.79 Å². The molecule has 0 aliphatic rings. The van der Waals surface area contributed by atoms with Crippen LogP contribution < -0.4 is 11.1 Å². The van der Waals surface area contributed by atoms with E-state index in [1.54, 1.807) is 7.05 Å². The maximum Gasteiger partial charge on any atom is 0.242 e. The third kappa shape index (κ3) is 2.21. The van der Waals surface area contributed by atoms with E-state index in [1.807, 2.05) is 31.2 Å². The molecule has 0 aliphatic carbocycles. The smallest absolute Gasteiger partial charge is 0.242 e. The molecular weight excluding hydrogens is 256 g/mol. The number of primary amides is 1. The molecule has 0 aliphatic heterocycles. The number of halogens is 1. The first-order chi connectivity index (χ1) is 7.06. The minimum Gasteiger partial charge on any atom is -0.368 e. The van der Waals surface area contributed by atoms with E-state index in [0.717, 1.165) is 10.0 Å². The van der Waals surface area contributed by atoms with Gasteiger partial charge < -0.3 is 11.1 Å². The highest BCUT2D eigenvalue weighted by molar-refractivity contribution is 9.10. The molecule has 3 nitrogen and oxygen atoms in total. The van der Waals surface area contributed by atoms with Crippen molar-refractivity contribution in [2.75, 3.05) is 7.05 Å². The van der Waals surface area contributed by atoms with Crippen LogP contribution in [0.25, 0.3) is 0 Å². The zero-order valence-corrected chi connectivity index (χ0v) is 10.5. The number of benzene rings is 1. The first-order valence-corrected chi connectivity index (χ1v) is 5.61. The summed E-state index contributed by atoms with van der Waals surface area (Å²) in [6.45, 7) is 1.93. The molecule has 0 fully saturated rings. The second-order valence-corrected chi connectivity index (χ2v) is 4.30. The lowest BCUT2D eigenvalue weighted by Crippen LogP contribution is -2.50. The minimum absolute atomic E-state index is 0.352. The van der Waals surface area contributed by atoms with Crippen LogP contribution in [0.3, 0.4) is 0 Å². The van der Waals surface area contributed by atoms with Crippen LogP contribution >= 0.6 is 15.9 Å². The largest absolute Gasteiger partial charge is 0.368 e. The van der Waals surface area contributed by atoms with Crippen LogP contribution in [0.15, 0.2) is 28.7 Å². The Bertz CT molecular complexity index is 344. The van der Waals surface area contributed by atoms with Crippen molar-refractivity contribution in [2.24, 2.45) is 5.73 Å². The molecule has 0 radical (unpaired) electrons. The fourth-order valence-corrected chi connectivity index (χ4v) is 1.96. The topological polar surface area (TPSA) is 55.1 Å². The van der Waals surface area contributed by atoms with Gasteiger partial charge in [0.1, 0.15) is 5.54 Å². The molecule has 0 spiro atoms. The Morgan fingerprint density at radius 2 is 2.00 bits per heavy atom. The summed E-state index contributed by atoms with van der Waals surface area (Å²) in [5, 5.41) is 3.01. The molecule has 1 atom stereocenters. The van der Waals surface area contributed by atoms with Gasteiger partial charge in [0.25, 0.3) is 0 Å². The van der Waals surface area contributed by atoms with E-state index in [4.69, 9.17) is 5.73 Å². The molecule has 0 aromatic heterocycles. The van der Waals surface area contributed by atoms with Gasteiger partial charge in [0.15, 0.2) is 0 Å². The van der Waals surface area contributed by atoms with Gasteiger partial charge in [0, 0.05) is 4.47 Å². The second-order valence-electron chi connectivity index (χ2n) is 3.38. The van der Waals surface area contributed by atoms with Crippen LogP contribution in [-0.2, 0) is 10.3 Å². The fourth-order valence-electron chi connectivity index (χ4n) is 1.70. The zero-order chi connectivity index (χ0) is 11.5. The maximum atomic E-state index is 11.5. The van der Waals surface area contributed by atoms with E-state index >= 15 is 0 Å². The van der Waals surface area contributed by atoms with Crippen LogP contribution in [0, 0.1) is 0 Å². The average Bonchev–Trinajstić information content (AvgIpc) is 2.22. The van der Waals surface area contributed by atoms with Crippen molar-refractivity contribution in [3.63, 3.8) is 0 Å². The third-order valence-corrected chi connectivity index (χ3v) is 3.24. The van der Waals surface area contributed by atoms with Crippen molar-refractivity contribution in [2.45, 2.75) is 18.9 Å². The van der Waals surface area contributed by atoms with Gasteiger partial charge in [-0.05, 0) is 31.2 Å². The number of carbonyl (C=O) groups is 1. The Hall–Kier alpha value is -0.870. The lowest BCUT2D eigenvalue weighted by Gasteiger charge is -2.29. The Balaban J connectivity index is 3.20. The number of likely N-dealkylation sites (N-methyl/N-ethyl adjacent to an activating group) is 1. The van der Waals surface area contributed by atoms with E-state index in [1.165, 1.54) is 0 Å². The number of rotatable bonds is 4. The monoisotopic (exact) mass is 270 g/mol. The first kappa shape index (κ1) is 12.2. The predicted molar refractivity (Wildman–Crippen MR) is 64.4 cm³/mol. The third-order valence-electron chi connectivity index (χ3n) is 2.71. The number of hydrogen-bond donors (Lipinski definition) is 2. The molecule has 15 heavy (non-hydrogen) atoms. The SMILES string of the molecule is CCC(NC)(C(N)=O)c1ccc(Br)cc1. The molecule has 3 N–H and O–H groups in total. The molecule has 1 rings (SSSR count). The molecule has 1 aromatic rings. The summed E-state index contributed by atoms with van der Waals surface area (Å²) < 4.78 is 0.983. The number of hydrogen-bond acceptors (Lipinski definition) is 2. The molecule has 1 unspecified atom stereocenters. The van der Waals surface area contributed by atoms with Crippen molar-refractivity contribution >= 4 is 21.8 Å². The van der Waals surface area contributed by atoms with Crippen molar-refractivity contribution in [3.8, 4) is 0 Å². The van der Waals surface area contributed by atoms with Gasteiger partial charge in [-0.1, -0.05) is 35.0 Å². The van der Waals surface area contributed by atoms with Crippen LogP contribution in [0.2, 0.25) is 0 Å².